The first-order valence-electron chi connectivity index (χ1n) is 6.05. The number of alkyl halides is 1. The van der Waals surface area contributed by atoms with E-state index in [9.17, 15) is 9.18 Å². The second kappa shape index (κ2) is 6.56. The van der Waals surface area contributed by atoms with E-state index in [4.69, 9.17) is 4.74 Å². The molecule has 0 N–H and O–H groups in total. The Morgan fingerprint density at radius 3 is 2.95 bits per heavy atom. The molecule has 0 aliphatic rings. The Morgan fingerprint density at radius 1 is 1.50 bits per heavy atom. The van der Waals surface area contributed by atoms with Gasteiger partial charge in [0.1, 0.15) is 12.4 Å². The fourth-order valence-corrected chi connectivity index (χ4v) is 2.15. The molecule has 2 heterocycles. The van der Waals surface area contributed by atoms with Crippen LogP contribution in [0.4, 0.5) is 4.39 Å². The van der Waals surface area contributed by atoms with E-state index in [2.05, 4.69) is 10.2 Å². The number of carbonyl (C=O) groups is 1. The summed E-state index contributed by atoms with van der Waals surface area (Å²) in [5.41, 5.74) is 0.450. The molecular formula is C12H15FN4O2S. The lowest BCUT2D eigenvalue weighted by molar-refractivity contribution is 0.0706. The van der Waals surface area contributed by atoms with E-state index in [0.29, 0.717) is 18.3 Å². The summed E-state index contributed by atoms with van der Waals surface area (Å²) in [5.74, 6) is 0.245. The number of aromatic nitrogens is 4. The van der Waals surface area contributed by atoms with Crippen LogP contribution in [0.15, 0.2) is 18.3 Å². The highest BCUT2D eigenvalue weighted by Crippen LogP contribution is 2.15. The van der Waals surface area contributed by atoms with E-state index >= 15 is 0 Å². The molecule has 0 atom stereocenters. The van der Waals surface area contributed by atoms with Gasteiger partial charge in [-0.05, 0) is 19.2 Å². The van der Waals surface area contributed by atoms with Crippen LogP contribution in [0.2, 0.25) is 0 Å². The Labute approximate surface area is 119 Å². The van der Waals surface area contributed by atoms with Crippen LogP contribution < -0.4 is 4.74 Å². The fraction of sp³-hybridized carbons (Fsp3) is 0.417. The molecule has 20 heavy (non-hydrogen) atoms. The summed E-state index contributed by atoms with van der Waals surface area (Å²) in [6, 6.07) is 3.01. The topological polar surface area (TPSA) is 61.9 Å². The minimum atomic E-state index is -0.714. The van der Waals surface area contributed by atoms with E-state index < -0.39 is 12.6 Å². The molecule has 0 radical (unpaired) electrons. The third kappa shape index (κ3) is 3.01. The normalized spacial score (nSPS) is 10.8. The number of ether oxygens (including phenoxy) is 1. The van der Waals surface area contributed by atoms with Crippen molar-refractivity contribution in [2.45, 2.75) is 26.0 Å². The Morgan fingerprint density at radius 2 is 2.30 bits per heavy atom. The number of carbonyl (C=O) groups excluding carboxylic acids is 1. The average molecular weight is 298 g/mol. The summed E-state index contributed by atoms with van der Waals surface area (Å²) in [7, 11) is 0. The molecule has 108 valence electrons. The Hall–Kier alpha value is -1.83. The molecule has 6 nitrogen and oxygen atoms in total. The quantitative estimate of drug-likeness (QED) is 0.764. The van der Waals surface area contributed by atoms with E-state index in [1.54, 1.807) is 16.9 Å². The van der Waals surface area contributed by atoms with Crippen LogP contribution in [0.5, 0.6) is 5.88 Å². The second-order valence-corrected chi connectivity index (χ2v) is 4.78. The van der Waals surface area contributed by atoms with Crippen LogP contribution in [0.1, 0.15) is 23.1 Å². The molecule has 0 saturated carbocycles. The zero-order chi connectivity index (χ0) is 14.5. The van der Waals surface area contributed by atoms with Gasteiger partial charge in [0.05, 0.1) is 17.8 Å². The Kier molecular flexibility index (Phi) is 4.78. The molecule has 0 amide bonds. The lowest BCUT2D eigenvalue weighted by atomic mass is 10.3. The summed E-state index contributed by atoms with van der Waals surface area (Å²) in [6.07, 6.45) is 3.43. The third-order valence-electron chi connectivity index (χ3n) is 2.60. The summed E-state index contributed by atoms with van der Waals surface area (Å²) < 4.78 is 20.9. The van der Waals surface area contributed by atoms with E-state index in [0.717, 1.165) is 0 Å². The van der Waals surface area contributed by atoms with Crippen molar-refractivity contribution in [2.24, 2.45) is 0 Å². The molecule has 2 aromatic heterocycles. The highest BCUT2D eigenvalue weighted by atomic mass is 32.2. The van der Waals surface area contributed by atoms with Gasteiger partial charge in [0.2, 0.25) is 5.88 Å². The molecule has 8 heteroatoms. The minimum absolute atomic E-state index is 0.218. The van der Waals surface area contributed by atoms with E-state index in [-0.39, 0.29) is 11.4 Å². The van der Waals surface area contributed by atoms with Crippen molar-refractivity contribution in [1.29, 1.82) is 0 Å². The third-order valence-corrected chi connectivity index (χ3v) is 3.11. The summed E-state index contributed by atoms with van der Waals surface area (Å²) in [5, 5.41) is 8.02. The van der Waals surface area contributed by atoms with Gasteiger partial charge < -0.3 is 4.74 Å². The molecule has 0 bridgehead atoms. The van der Waals surface area contributed by atoms with Crippen LogP contribution in [0, 0.1) is 0 Å². The first-order valence-corrected chi connectivity index (χ1v) is 7.44. The number of nitrogens with zero attached hydrogens (tertiary/aromatic N) is 4. The second-order valence-electron chi connectivity index (χ2n) is 3.95. The summed E-state index contributed by atoms with van der Waals surface area (Å²) in [4.78, 5) is 12.1. The molecule has 0 unspecified atom stereocenters. The Bertz CT molecular complexity index is 596. The van der Waals surface area contributed by atoms with Crippen LogP contribution in [-0.4, -0.2) is 31.8 Å². The van der Waals surface area contributed by atoms with Gasteiger partial charge >= 0.3 is 5.97 Å². The number of aryl methyl sites for hydroxylation is 1. The van der Waals surface area contributed by atoms with Crippen LogP contribution in [0.25, 0.3) is 0 Å². The fourth-order valence-electron chi connectivity index (χ4n) is 1.71. The smallest absolute Gasteiger partial charge is 0.363 e. The van der Waals surface area contributed by atoms with E-state index in [1.807, 2.05) is 13.2 Å². The summed E-state index contributed by atoms with van der Waals surface area (Å²) >= 11 is 1.48. The zero-order valence-corrected chi connectivity index (χ0v) is 12.1. The largest absolute Gasteiger partial charge is 0.403 e. The maximum atomic E-state index is 12.7. The molecule has 0 aromatic carbocycles. The zero-order valence-electron chi connectivity index (χ0n) is 11.2. The molecule has 0 spiro atoms. The molecule has 0 aliphatic carbocycles. The average Bonchev–Trinajstić information content (AvgIpc) is 3.05. The van der Waals surface area contributed by atoms with Gasteiger partial charge in [-0.25, -0.2) is 18.5 Å². The lowest BCUT2D eigenvalue weighted by Gasteiger charge is -2.07. The SMILES string of the molecule is CCn1nccc1OC(=O)c1cc(CF)nn1CSC. The van der Waals surface area contributed by atoms with Crippen molar-refractivity contribution in [2.75, 3.05) is 6.26 Å². The Balaban J connectivity index is 2.22. The molecule has 0 saturated heterocycles. The first kappa shape index (κ1) is 14.6. The number of thioether (sulfide) groups is 1. The van der Waals surface area contributed by atoms with Gasteiger partial charge in [0.15, 0.2) is 0 Å². The van der Waals surface area contributed by atoms with Gasteiger partial charge in [-0.3, -0.25) is 0 Å². The van der Waals surface area contributed by atoms with E-state index in [1.165, 1.54) is 22.5 Å². The number of esters is 1. The van der Waals surface area contributed by atoms with Crippen molar-refractivity contribution < 1.29 is 13.9 Å². The van der Waals surface area contributed by atoms with Gasteiger partial charge in [0, 0.05) is 12.6 Å². The maximum Gasteiger partial charge on any atom is 0.363 e. The standard InChI is InChI=1S/C12H15FN4O2S/c1-3-16-11(4-5-14-16)19-12(18)10-6-9(7-13)15-17(10)8-20-2/h4-6H,3,7-8H2,1-2H3. The van der Waals surface area contributed by atoms with Gasteiger partial charge in [0.25, 0.3) is 0 Å². The van der Waals surface area contributed by atoms with Crippen LogP contribution in [-0.2, 0) is 19.1 Å². The number of hydrogen-bond acceptors (Lipinski definition) is 5. The monoisotopic (exact) mass is 298 g/mol. The molecule has 2 rings (SSSR count). The highest BCUT2D eigenvalue weighted by molar-refractivity contribution is 7.97. The molecule has 0 fully saturated rings. The van der Waals surface area contributed by atoms with Gasteiger partial charge in [-0.1, -0.05) is 0 Å². The van der Waals surface area contributed by atoms with Gasteiger partial charge in [-0.2, -0.15) is 10.2 Å². The van der Waals surface area contributed by atoms with Crippen LogP contribution in [0.3, 0.4) is 0 Å². The predicted octanol–water partition coefficient (Wildman–Crippen LogP) is 2.11. The van der Waals surface area contributed by atoms with Crippen molar-refractivity contribution in [3.05, 3.63) is 29.7 Å². The van der Waals surface area contributed by atoms with Gasteiger partial charge in [-0.15, -0.1) is 11.8 Å². The molecule has 2 aromatic rings. The number of hydrogen-bond donors (Lipinski definition) is 0. The van der Waals surface area contributed by atoms with Crippen molar-refractivity contribution in [3.63, 3.8) is 0 Å². The molecule has 0 aliphatic heterocycles. The minimum Gasteiger partial charge on any atom is -0.403 e. The summed E-state index contributed by atoms with van der Waals surface area (Å²) in [6.45, 7) is 1.77. The number of halogens is 1. The highest BCUT2D eigenvalue weighted by Gasteiger charge is 2.18. The van der Waals surface area contributed by atoms with Crippen molar-refractivity contribution in [3.8, 4) is 5.88 Å². The van der Waals surface area contributed by atoms with Crippen LogP contribution >= 0.6 is 11.8 Å². The first-order chi connectivity index (χ1) is 9.69. The lowest BCUT2D eigenvalue weighted by Crippen LogP contribution is -2.16. The number of rotatable bonds is 6. The van der Waals surface area contributed by atoms with Crippen molar-refractivity contribution >= 4 is 17.7 Å². The molecular weight excluding hydrogens is 283 g/mol. The predicted molar refractivity (Wildman–Crippen MR) is 73.4 cm³/mol. The van der Waals surface area contributed by atoms with Crippen molar-refractivity contribution in [1.82, 2.24) is 19.6 Å². The maximum absolute atomic E-state index is 12.7.